The van der Waals surface area contributed by atoms with E-state index in [2.05, 4.69) is 15.5 Å². The summed E-state index contributed by atoms with van der Waals surface area (Å²) in [6.07, 6.45) is 2.58. The molecule has 0 saturated heterocycles. The van der Waals surface area contributed by atoms with Crippen LogP contribution in [-0.4, -0.2) is 33.4 Å². The van der Waals surface area contributed by atoms with Crippen LogP contribution < -0.4 is 5.73 Å². The Morgan fingerprint density at radius 3 is 3.00 bits per heavy atom. The number of aromatic nitrogens is 4. The van der Waals surface area contributed by atoms with Gasteiger partial charge < -0.3 is 10.5 Å². The lowest BCUT2D eigenvalue weighted by Gasteiger charge is -2.07. The number of rotatable bonds is 6. The van der Waals surface area contributed by atoms with Crippen LogP contribution in [0.5, 0.6) is 0 Å². The summed E-state index contributed by atoms with van der Waals surface area (Å²) in [5, 5.41) is 12.2. The van der Waals surface area contributed by atoms with E-state index in [9.17, 15) is 0 Å². The highest BCUT2D eigenvalue weighted by atomic mass is 35.5. The van der Waals surface area contributed by atoms with Crippen LogP contribution in [0, 0.1) is 5.92 Å². The number of halogens is 1. The first-order chi connectivity index (χ1) is 9.74. The molecule has 0 unspecified atom stereocenters. The second-order valence-electron chi connectivity index (χ2n) is 4.98. The van der Waals surface area contributed by atoms with E-state index in [1.807, 2.05) is 6.07 Å². The summed E-state index contributed by atoms with van der Waals surface area (Å²) < 4.78 is 7.30. The van der Waals surface area contributed by atoms with Crippen LogP contribution in [-0.2, 0) is 11.3 Å². The molecule has 3 rings (SSSR count). The third-order valence-corrected chi connectivity index (χ3v) is 3.58. The van der Waals surface area contributed by atoms with E-state index in [1.165, 1.54) is 12.8 Å². The molecule has 0 bridgehead atoms. The van der Waals surface area contributed by atoms with Gasteiger partial charge >= 0.3 is 0 Å². The van der Waals surface area contributed by atoms with E-state index in [4.69, 9.17) is 22.1 Å². The molecular formula is C13H16ClN5O. The summed E-state index contributed by atoms with van der Waals surface area (Å²) in [5.74, 6) is 1.39. The van der Waals surface area contributed by atoms with Crippen LogP contribution >= 0.6 is 11.6 Å². The lowest BCUT2D eigenvalue weighted by atomic mass is 10.2. The van der Waals surface area contributed by atoms with Crippen molar-refractivity contribution in [3.05, 3.63) is 23.2 Å². The van der Waals surface area contributed by atoms with Gasteiger partial charge in [-0.1, -0.05) is 11.6 Å². The Morgan fingerprint density at radius 1 is 1.40 bits per heavy atom. The standard InChI is InChI=1S/C13H16ClN5O/c14-12-7-10(15)3-4-11(12)13-16-17-18-19(13)5-6-20-8-9-1-2-9/h3-4,7,9H,1-2,5-6,8,15H2. The third kappa shape index (κ3) is 3.08. The zero-order valence-electron chi connectivity index (χ0n) is 11.0. The zero-order chi connectivity index (χ0) is 13.9. The Kier molecular flexibility index (Phi) is 3.84. The highest BCUT2D eigenvalue weighted by Gasteiger charge is 2.21. The van der Waals surface area contributed by atoms with E-state index in [1.54, 1.807) is 16.8 Å². The smallest absolute Gasteiger partial charge is 0.183 e. The molecule has 2 N–H and O–H groups in total. The van der Waals surface area contributed by atoms with Crippen molar-refractivity contribution in [2.75, 3.05) is 18.9 Å². The minimum atomic E-state index is 0.542. The van der Waals surface area contributed by atoms with Crippen molar-refractivity contribution in [2.24, 2.45) is 5.92 Å². The summed E-state index contributed by atoms with van der Waals surface area (Å²) in [6, 6.07) is 5.30. The number of hydrogen-bond acceptors (Lipinski definition) is 5. The molecule has 0 spiro atoms. The molecule has 0 radical (unpaired) electrons. The van der Waals surface area contributed by atoms with E-state index in [0.29, 0.717) is 29.7 Å². The molecule has 1 aliphatic carbocycles. The van der Waals surface area contributed by atoms with Gasteiger partial charge in [-0.2, -0.15) is 0 Å². The molecule has 1 fully saturated rings. The molecule has 1 aromatic heterocycles. The zero-order valence-corrected chi connectivity index (χ0v) is 11.8. The molecular weight excluding hydrogens is 278 g/mol. The molecule has 0 amide bonds. The van der Waals surface area contributed by atoms with Crippen LogP contribution in [0.3, 0.4) is 0 Å². The quantitative estimate of drug-likeness (QED) is 0.651. The van der Waals surface area contributed by atoms with Crippen LogP contribution in [0.25, 0.3) is 11.4 Å². The van der Waals surface area contributed by atoms with Gasteiger partial charge in [-0.25, -0.2) is 4.68 Å². The lowest BCUT2D eigenvalue weighted by molar-refractivity contribution is 0.114. The summed E-state index contributed by atoms with van der Waals surface area (Å²) in [7, 11) is 0. The van der Waals surface area contributed by atoms with E-state index in [0.717, 1.165) is 18.1 Å². The van der Waals surface area contributed by atoms with Crippen molar-refractivity contribution in [1.82, 2.24) is 20.2 Å². The molecule has 6 nitrogen and oxygen atoms in total. The topological polar surface area (TPSA) is 78.9 Å². The third-order valence-electron chi connectivity index (χ3n) is 3.26. The van der Waals surface area contributed by atoms with Gasteiger partial charge in [0.25, 0.3) is 0 Å². The summed E-state index contributed by atoms with van der Waals surface area (Å²) >= 11 is 6.18. The van der Waals surface area contributed by atoms with Crippen molar-refractivity contribution in [1.29, 1.82) is 0 Å². The van der Waals surface area contributed by atoms with Gasteiger partial charge in [0.05, 0.1) is 18.2 Å². The summed E-state index contributed by atoms with van der Waals surface area (Å²) in [4.78, 5) is 0. The molecule has 1 aromatic carbocycles. The Bertz CT molecular complexity index is 596. The minimum Gasteiger partial charge on any atom is -0.399 e. The maximum Gasteiger partial charge on any atom is 0.183 e. The van der Waals surface area contributed by atoms with E-state index < -0.39 is 0 Å². The van der Waals surface area contributed by atoms with E-state index in [-0.39, 0.29) is 0 Å². The average Bonchev–Trinajstić information content (AvgIpc) is 3.13. The molecule has 0 aliphatic heterocycles. The number of benzene rings is 1. The number of anilines is 1. The number of nitrogens with zero attached hydrogens (tertiary/aromatic N) is 4. The Morgan fingerprint density at radius 2 is 2.25 bits per heavy atom. The maximum absolute atomic E-state index is 6.18. The molecule has 106 valence electrons. The van der Waals surface area contributed by atoms with Crippen molar-refractivity contribution in [3.8, 4) is 11.4 Å². The number of hydrogen-bond donors (Lipinski definition) is 1. The number of nitrogens with two attached hydrogens (primary N) is 1. The van der Waals surface area contributed by atoms with Gasteiger partial charge in [-0.15, -0.1) is 5.10 Å². The molecule has 1 aliphatic rings. The fourth-order valence-electron chi connectivity index (χ4n) is 1.95. The van der Waals surface area contributed by atoms with Gasteiger partial charge in [-0.05, 0) is 47.4 Å². The first kappa shape index (κ1) is 13.3. The SMILES string of the molecule is Nc1ccc(-c2nnnn2CCOCC2CC2)c(Cl)c1. The van der Waals surface area contributed by atoms with Gasteiger partial charge in [0.2, 0.25) is 0 Å². The Labute approximate surface area is 121 Å². The van der Waals surface area contributed by atoms with Crippen molar-refractivity contribution in [2.45, 2.75) is 19.4 Å². The average molecular weight is 294 g/mol. The molecule has 1 saturated carbocycles. The van der Waals surface area contributed by atoms with Crippen molar-refractivity contribution >= 4 is 17.3 Å². The lowest BCUT2D eigenvalue weighted by Crippen LogP contribution is -2.10. The van der Waals surface area contributed by atoms with Crippen LogP contribution in [0.2, 0.25) is 5.02 Å². The molecule has 7 heteroatoms. The highest BCUT2D eigenvalue weighted by Crippen LogP contribution is 2.29. The van der Waals surface area contributed by atoms with Crippen molar-refractivity contribution < 1.29 is 4.74 Å². The summed E-state index contributed by atoms with van der Waals surface area (Å²) in [6.45, 7) is 2.04. The molecule has 20 heavy (non-hydrogen) atoms. The van der Waals surface area contributed by atoms with E-state index >= 15 is 0 Å². The van der Waals surface area contributed by atoms with Crippen LogP contribution in [0.1, 0.15) is 12.8 Å². The second-order valence-corrected chi connectivity index (χ2v) is 5.39. The Balaban J connectivity index is 1.68. The number of nitrogen functional groups attached to an aromatic ring is 1. The van der Waals surface area contributed by atoms with Gasteiger partial charge in [0.15, 0.2) is 5.82 Å². The molecule has 1 heterocycles. The normalized spacial score (nSPS) is 14.7. The van der Waals surface area contributed by atoms with Crippen LogP contribution in [0.15, 0.2) is 18.2 Å². The number of tetrazole rings is 1. The van der Waals surface area contributed by atoms with Gasteiger partial charge in [-0.3, -0.25) is 0 Å². The minimum absolute atomic E-state index is 0.542. The Hall–Kier alpha value is -1.66. The largest absolute Gasteiger partial charge is 0.399 e. The second kappa shape index (κ2) is 5.76. The predicted molar refractivity (Wildman–Crippen MR) is 76.2 cm³/mol. The first-order valence-electron chi connectivity index (χ1n) is 6.63. The van der Waals surface area contributed by atoms with Gasteiger partial charge in [0, 0.05) is 17.9 Å². The van der Waals surface area contributed by atoms with Crippen molar-refractivity contribution in [3.63, 3.8) is 0 Å². The van der Waals surface area contributed by atoms with Crippen LogP contribution in [0.4, 0.5) is 5.69 Å². The molecule has 0 atom stereocenters. The number of ether oxygens (including phenoxy) is 1. The van der Waals surface area contributed by atoms with Gasteiger partial charge in [0.1, 0.15) is 0 Å². The predicted octanol–water partition coefficient (Wildman–Crippen LogP) is 2.00. The fourth-order valence-corrected chi connectivity index (χ4v) is 2.22. The maximum atomic E-state index is 6.18. The fraction of sp³-hybridized carbons (Fsp3) is 0.462. The molecule has 2 aromatic rings. The highest BCUT2D eigenvalue weighted by molar-refractivity contribution is 6.33. The first-order valence-corrected chi connectivity index (χ1v) is 7.01. The summed E-state index contributed by atoms with van der Waals surface area (Å²) in [5.41, 5.74) is 7.08. The monoisotopic (exact) mass is 293 g/mol.